The molecule has 6 N–H and O–H groups in total. The van der Waals surface area contributed by atoms with E-state index < -0.39 is 66.0 Å². The van der Waals surface area contributed by atoms with Crippen molar-refractivity contribution in [1.82, 2.24) is 0 Å². The number of hydrogen-bond acceptors (Lipinski definition) is 10. The third-order valence-corrected chi connectivity index (χ3v) is 13.4. The Morgan fingerprint density at radius 1 is 0.864 bits per heavy atom. The lowest BCUT2D eigenvalue weighted by molar-refractivity contribution is -0.321. The fourth-order valence-corrected chi connectivity index (χ4v) is 11.1. The summed E-state index contributed by atoms with van der Waals surface area (Å²) in [5.41, 5.74) is -2.11. The van der Waals surface area contributed by atoms with Crippen molar-refractivity contribution in [3.63, 3.8) is 0 Å². The highest BCUT2D eigenvalue weighted by Crippen LogP contribution is 2.70. The van der Waals surface area contributed by atoms with Crippen LogP contribution in [0.5, 0.6) is 0 Å². The van der Waals surface area contributed by atoms with Crippen molar-refractivity contribution in [3.05, 3.63) is 0 Å². The average molecular weight is 629 g/mol. The van der Waals surface area contributed by atoms with E-state index in [0.29, 0.717) is 19.3 Å². The molecule has 1 saturated heterocycles. The minimum Gasteiger partial charge on any atom is -0.393 e. The molecule has 0 bridgehead atoms. The van der Waals surface area contributed by atoms with Crippen LogP contribution in [-0.4, -0.2) is 112 Å². The molecule has 0 radical (unpaired) electrons. The standard InChI is InChI=1S/C34H60O10/c1-17(2)20(35)9-8-18(3)19-14-21(36)30-32(19,4)13-11-25-33(5)12-10-23(27(38)26(33)22(37)15-34(25,30)40)44-31-29(42-7)28(39)24(41-6)16-43-31/h17-31,35-40H,8-16H2,1-7H3/t18-,19-,20+,21+,22-,23+,24+,25+,26+,27+,28-,29+,30+,31-,32-,33-,34+/m1/s1. The van der Waals surface area contributed by atoms with E-state index in [-0.39, 0.29) is 54.1 Å². The highest BCUT2D eigenvalue weighted by molar-refractivity contribution is 5.21. The summed E-state index contributed by atoms with van der Waals surface area (Å²) in [6.07, 6.45) is -1.79. The lowest BCUT2D eigenvalue weighted by atomic mass is 9.41. The normalized spacial score (nSPS) is 52.2. The van der Waals surface area contributed by atoms with Gasteiger partial charge in [0, 0.05) is 32.5 Å². The predicted molar refractivity (Wildman–Crippen MR) is 162 cm³/mol. The average Bonchev–Trinajstić information content (AvgIpc) is 3.24. The number of aliphatic hydroxyl groups is 6. The summed E-state index contributed by atoms with van der Waals surface area (Å²) >= 11 is 0. The molecule has 5 aliphatic rings. The number of aliphatic hydroxyl groups excluding tert-OH is 5. The second-order valence-corrected chi connectivity index (χ2v) is 16.0. The van der Waals surface area contributed by atoms with Crippen LogP contribution in [0.1, 0.15) is 86.0 Å². The Kier molecular flexibility index (Phi) is 10.2. The van der Waals surface area contributed by atoms with Crippen LogP contribution in [0.15, 0.2) is 0 Å². The van der Waals surface area contributed by atoms with Gasteiger partial charge in [0.15, 0.2) is 6.29 Å². The van der Waals surface area contributed by atoms with E-state index in [0.717, 1.165) is 25.7 Å². The molecular formula is C34H60O10. The molecule has 0 unspecified atom stereocenters. The van der Waals surface area contributed by atoms with Gasteiger partial charge in [0.25, 0.3) is 0 Å². The zero-order valence-corrected chi connectivity index (χ0v) is 27.8. The molecule has 44 heavy (non-hydrogen) atoms. The topological polar surface area (TPSA) is 158 Å². The van der Waals surface area contributed by atoms with Crippen LogP contribution >= 0.6 is 0 Å². The minimum atomic E-state index is -1.26. The van der Waals surface area contributed by atoms with Gasteiger partial charge in [-0.05, 0) is 79.4 Å². The Bertz CT molecular complexity index is 982. The van der Waals surface area contributed by atoms with Crippen molar-refractivity contribution in [2.24, 2.45) is 46.3 Å². The Morgan fingerprint density at radius 3 is 2.18 bits per heavy atom. The number of methoxy groups -OCH3 is 2. The van der Waals surface area contributed by atoms with Crippen LogP contribution in [0.2, 0.25) is 0 Å². The van der Waals surface area contributed by atoms with E-state index in [4.69, 9.17) is 18.9 Å². The predicted octanol–water partition coefficient (Wildman–Crippen LogP) is 2.24. The number of rotatable bonds is 9. The number of fused-ring (bicyclic) bond motifs is 5. The fourth-order valence-electron chi connectivity index (χ4n) is 11.1. The van der Waals surface area contributed by atoms with Gasteiger partial charge in [0.05, 0.1) is 42.7 Å². The maximum atomic E-state index is 12.7. The minimum absolute atomic E-state index is 0.0983. The van der Waals surface area contributed by atoms with E-state index >= 15 is 0 Å². The second-order valence-electron chi connectivity index (χ2n) is 16.0. The lowest BCUT2D eigenvalue weighted by Gasteiger charge is -2.66. The molecule has 1 heterocycles. The summed E-state index contributed by atoms with van der Waals surface area (Å²) < 4.78 is 22.9. The van der Waals surface area contributed by atoms with Crippen LogP contribution < -0.4 is 0 Å². The SMILES string of the molecule is CO[C@@H]1[C@@H](O[C@H]2CC[C@@]3(C)[C@H]([C@H]2O)[C@H](O)C[C@]2(O)[C@H]3CC[C@]3(C)[C@@H]([C@H](C)CC[C@H](O)C(C)C)C[C@H](O)[C@@H]32)OC[C@H](OC)[C@H]1O. The Morgan fingerprint density at radius 2 is 1.55 bits per heavy atom. The Balaban J connectivity index is 1.33. The van der Waals surface area contributed by atoms with E-state index in [1.165, 1.54) is 14.2 Å². The van der Waals surface area contributed by atoms with Gasteiger partial charge in [-0.25, -0.2) is 0 Å². The summed E-state index contributed by atoms with van der Waals surface area (Å²) in [5, 5.41) is 68.9. The molecule has 4 saturated carbocycles. The van der Waals surface area contributed by atoms with Gasteiger partial charge >= 0.3 is 0 Å². The fraction of sp³-hybridized carbons (Fsp3) is 1.00. The van der Waals surface area contributed by atoms with Crippen LogP contribution in [-0.2, 0) is 18.9 Å². The summed E-state index contributed by atoms with van der Waals surface area (Å²) in [5.74, 6) is -0.386. The molecule has 17 atom stereocenters. The van der Waals surface area contributed by atoms with Crippen molar-refractivity contribution in [3.8, 4) is 0 Å². The highest BCUT2D eigenvalue weighted by Gasteiger charge is 2.72. The van der Waals surface area contributed by atoms with Crippen molar-refractivity contribution in [2.45, 2.75) is 147 Å². The molecule has 0 spiro atoms. The summed E-state index contributed by atoms with van der Waals surface area (Å²) in [4.78, 5) is 0. The molecule has 10 nitrogen and oxygen atoms in total. The molecule has 1 aliphatic heterocycles. The Labute approximate surface area is 263 Å². The molecule has 4 aliphatic carbocycles. The number of hydrogen-bond donors (Lipinski definition) is 6. The molecule has 0 aromatic heterocycles. The third-order valence-electron chi connectivity index (χ3n) is 13.4. The van der Waals surface area contributed by atoms with Gasteiger partial charge < -0.3 is 49.6 Å². The first-order valence-corrected chi connectivity index (χ1v) is 17.1. The first kappa shape index (κ1) is 34.9. The lowest BCUT2D eigenvalue weighted by Crippen LogP contribution is -2.71. The van der Waals surface area contributed by atoms with Crippen LogP contribution in [0, 0.1) is 46.3 Å². The summed E-state index contributed by atoms with van der Waals surface area (Å²) in [6.45, 7) is 10.7. The molecule has 10 heteroatoms. The maximum Gasteiger partial charge on any atom is 0.186 e. The molecule has 0 aromatic carbocycles. The van der Waals surface area contributed by atoms with Crippen molar-refractivity contribution < 1.29 is 49.6 Å². The van der Waals surface area contributed by atoms with E-state index in [1.807, 2.05) is 13.8 Å². The summed E-state index contributed by atoms with van der Waals surface area (Å²) in [6, 6.07) is 0. The van der Waals surface area contributed by atoms with E-state index in [1.54, 1.807) is 0 Å². The van der Waals surface area contributed by atoms with Crippen molar-refractivity contribution in [2.75, 3.05) is 20.8 Å². The van der Waals surface area contributed by atoms with Gasteiger partial charge in [-0.2, -0.15) is 0 Å². The zero-order chi connectivity index (χ0) is 32.4. The quantitative estimate of drug-likeness (QED) is 0.209. The van der Waals surface area contributed by atoms with Gasteiger partial charge in [0.1, 0.15) is 18.3 Å². The summed E-state index contributed by atoms with van der Waals surface area (Å²) in [7, 11) is 2.97. The van der Waals surface area contributed by atoms with E-state index in [9.17, 15) is 30.6 Å². The number of ether oxygens (including phenoxy) is 4. The van der Waals surface area contributed by atoms with Gasteiger partial charge in [0.2, 0.25) is 0 Å². The highest BCUT2D eigenvalue weighted by atomic mass is 16.7. The van der Waals surface area contributed by atoms with Crippen molar-refractivity contribution >= 4 is 0 Å². The Hall–Kier alpha value is -0.400. The molecular weight excluding hydrogens is 568 g/mol. The first-order valence-electron chi connectivity index (χ1n) is 17.1. The van der Waals surface area contributed by atoms with Crippen LogP contribution in [0.3, 0.4) is 0 Å². The molecule has 5 rings (SSSR count). The van der Waals surface area contributed by atoms with Crippen LogP contribution in [0.4, 0.5) is 0 Å². The molecule has 256 valence electrons. The molecule has 5 fully saturated rings. The van der Waals surface area contributed by atoms with Gasteiger partial charge in [-0.3, -0.25) is 0 Å². The van der Waals surface area contributed by atoms with Gasteiger partial charge in [-0.1, -0.05) is 34.6 Å². The molecule has 0 amide bonds. The zero-order valence-electron chi connectivity index (χ0n) is 27.8. The third kappa shape index (κ3) is 5.61. The van der Waals surface area contributed by atoms with Crippen molar-refractivity contribution in [1.29, 1.82) is 0 Å². The van der Waals surface area contributed by atoms with Gasteiger partial charge in [-0.15, -0.1) is 0 Å². The second kappa shape index (κ2) is 12.9. The van der Waals surface area contributed by atoms with Crippen LogP contribution in [0.25, 0.3) is 0 Å². The smallest absolute Gasteiger partial charge is 0.186 e. The monoisotopic (exact) mass is 628 g/mol. The molecule has 0 aromatic rings. The van der Waals surface area contributed by atoms with E-state index in [2.05, 4.69) is 20.8 Å². The maximum absolute atomic E-state index is 12.7. The largest absolute Gasteiger partial charge is 0.393 e. The first-order chi connectivity index (χ1) is 20.6.